The maximum atomic E-state index is 12.8. The van der Waals surface area contributed by atoms with Gasteiger partial charge >= 0.3 is 0 Å². The number of hydrogen-bond acceptors (Lipinski definition) is 7. The number of benzene rings is 1. The zero-order chi connectivity index (χ0) is 20.0. The van der Waals surface area contributed by atoms with Gasteiger partial charge in [0.15, 0.2) is 0 Å². The Morgan fingerprint density at radius 3 is 2.57 bits per heavy atom. The van der Waals surface area contributed by atoms with E-state index in [4.69, 9.17) is 5.73 Å². The fourth-order valence-electron chi connectivity index (χ4n) is 4.21. The van der Waals surface area contributed by atoms with Gasteiger partial charge in [0.25, 0.3) is 11.8 Å². The SMILES string of the molecule is NC1CC(O)CN(Cc2ccc3c(c2)C(=O)N(C2CCC(=O)NC2=O)C3=O)C1. The first-order chi connectivity index (χ1) is 13.3. The highest BCUT2D eigenvalue weighted by Crippen LogP contribution is 2.28. The molecule has 9 nitrogen and oxygen atoms in total. The summed E-state index contributed by atoms with van der Waals surface area (Å²) in [7, 11) is 0. The molecule has 3 unspecified atom stereocenters. The van der Waals surface area contributed by atoms with Crippen LogP contribution in [0.1, 0.15) is 45.5 Å². The Balaban J connectivity index is 1.54. The molecule has 148 valence electrons. The number of piperidine rings is 2. The minimum Gasteiger partial charge on any atom is -0.392 e. The highest BCUT2D eigenvalue weighted by atomic mass is 16.3. The second-order valence-electron chi connectivity index (χ2n) is 7.67. The van der Waals surface area contributed by atoms with Crippen molar-refractivity contribution in [1.29, 1.82) is 0 Å². The number of β-amino-alcohol motifs (C(OH)–C–C–N with tert-alkyl or cyclic N) is 1. The molecule has 0 radical (unpaired) electrons. The normalized spacial score (nSPS) is 28.5. The molecule has 0 aromatic heterocycles. The van der Waals surface area contributed by atoms with Crippen molar-refractivity contribution < 1.29 is 24.3 Å². The fourth-order valence-corrected chi connectivity index (χ4v) is 4.21. The summed E-state index contributed by atoms with van der Waals surface area (Å²) in [6.45, 7) is 1.64. The number of carbonyl (C=O) groups is 4. The van der Waals surface area contributed by atoms with Crippen LogP contribution in [0.4, 0.5) is 0 Å². The van der Waals surface area contributed by atoms with Crippen LogP contribution in [0.25, 0.3) is 0 Å². The number of nitrogens with zero attached hydrogens (tertiary/aromatic N) is 2. The van der Waals surface area contributed by atoms with E-state index in [1.54, 1.807) is 18.2 Å². The first-order valence-electron chi connectivity index (χ1n) is 9.34. The summed E-state index contributed by atoms with van der Waals surface area (Å²) in [4.78, 5) is 52.0. The van der Waals surface area contributed by atoms with E-state index in [1.165, 1.54) is 0 Å². The highest BCUT2D eigenvalue weighted by Gasteiger charge is 2.44. The third-order valence-electron chi connectivity index (χ3n) is 5.45. The molecule has 2 fully saturated rings. The smallest absolute Gasteiger partial charge is 0.262 e. The van der Waals surface area contributed by atoms with Crippen LogP contribution in [0.2, 0.25) is 0 Å². The van der Waals surface area contributed by atoms with Crippen molar-refractivity contribution >= 4 is 23.6 Å². The van der Waals surface area contributed by atoms with Gasteiger partial charge in [-0.2, -0.15) is 0 Å². The summed E-state index contributed by atoms with van der Waals surface area (Å²) in [5, 5.41) is 12.1. The van der Waals surface area contributed by atoms with E-state index in [0.717, 1.165) is 10.5 Å². The number of nitrogens with one attached hydrogen (secondary N) is 1. The van der Waals surface area contributed by atoms with E-state index in [9.17, 15) is 24.3 Å². The summed E-state index contributed by atoms with van der Waals surface area (Å²) in [6, 6.07) is 3.95. The summed E-state index contributed by atoms with van der Waals surface area (Å²) in [5.41, 5.74) is 7.30. The molecule has 2 saturated heterocycles. The molecule has 3 atom stereocenters. The molecule has 0 bridgehead atoms. The Hall–Kier alpha value is -2.62. The van der Waals surface area contributed by atoms with E-state index >= 15 is 0 Å². The predicted molar refractivity (Wildman–Crippen MR) is 97.0 cm³/mol. The van der Waals surface area contributed by atoms with Crippen molar-refractivity contribution in [2.45, 2.75) is 44.0 Å². The number of hydrogen-bond donors (Lipinski definition) is 3. The topological polar surface area (TPSA) is 133 Å². The van der Waals surface area contributed by atoms with Gasteiger partial charge in [0.2, 0.25) is 11.8 Å². The molecule has 4 amide bonds. The number of imide groups is 2. The fraction of sp³-hybridized carbons (Fsp3) is 0.474. The van der Waals surface area contributed by atoms with E-state index in [2.05, 4.69) is 5.32 Å². The van der Waals surface area contributed by atoms with Crippen LogP contribution in [-0.2, 0) is 16.1 Å². The predicted octanol–water partition coefficient (Wildman–Crippen LogP) is -1.02. The second kappa shape index (κ2) is 7.08. The van der Waals surface area contributed by atoms with Crippen LogP contribution in [-0.4, -0.2) is 69.8 Å². The van der Waals surface area contributed by atoms with E-state index < -0.39 is 35.8 Å². The first kappa shape index (κ1) is 18.7. The first-order valence-corrected chi connectivity index (χ1v) is 9.34. The van der Waals surface area contributed by atoms with Crippen molar-refractivity contribution in [2.24, 2.45) is 5.73 Å². The standard InChI is InChI=1S/C19H22N4O5/c20-11-6-12(24)9-22(8-11)7-10-1-2-13-14(5-10)19(28)23(18(13)27)15-3-4-16(25)21-17(15)26/h1-2,5,11-12,15,24H,3-4,6-9,20H2,(H,21,25,26). The molecule has 3 heterocycles. The molecule has 0 aliphatic carbocycles. The molecule has 4 N–H and O–H groups in total. The van der Waals surface area contributed by atoms with Crippen molar-refractivity contribution in [3.63, 3.8) is 0 Å². The Bertz CT molecular complexity index is 860. The van der Waals surface area contributed by atoms with Gasteiger partial charge in [-0.15, -0.1) is 0 Å². The lowest BCUT2D eigenvalue weighted by Gasteiger charge is -2.33. The van der Waals surface area contributed by atoms with Gasteiger partial charge in [-0.25, -0.2) is 0 Å². The van der Waals surface area contributed by atoms with Gasteiger partial charge in [-0.05, 0) is 30.5 Å². The van der Waals surface area contributed by atoms with Crippen LogP contribution in [0.3, 0.4) is 0 Å². The largest absolute Gasteiger partial charge is 0.392 e. The number of likely N-dealkylation sites (tertiary alicyclic amines) is 1. The zero-order valence-corrected chi connectivity index (χ0v) is 15.3. The quantitative estimate of drug-likeness (QED) is 0.567. The molecule has 1 aromatic carbocycles. The highest BCUT2D eigenvalue weighted by molar-refractivity contribution is 6.23. The molecule has 0 saturated carbocycles. The minimum atomic E-state index is -0.969. The van der Waals surface area contributed by atoms with Gasteiger partial charge < -0.3 is 10.8 Å². The average molecular weight is 386 g/mol. The van der Waals surface area contributed by atoms with Crippen LogP contribution >= 0.6 is 0 Å². The molecular formula is C19H22N4O5. The molecule has 1 aromatic rings. The van der Waals surface area contributed by atoms with Gasteiger partial charge in [0.05, 0.1) is 17.2 Å². The average Bonchev–Trinajstić information content (AvgIpc) is 2.85. The number of aliphatic hydroxyl groups is 1. The second-order valence-corrected chi connectivity index (χ2v) is 7.67. The lowest BCUT2D eigenvalue weighted by molar-refractivity contribution is -0.136. The monoisotopic (exact) mass is 386 g/mol. The molecule has 0 spiro atoms. The van der Waals surface area contributed by atoms with Crippen LogP contribution in [0, 0.1) is 0 Å². The molecule has 4 rings (SSSR count). The third-order valence-corrected chi connectivity index (χ3v) is 5.45. The van der Waals surface area contributed by atoms with Crippen molar-refractivity contribution in [3.05, 3.63) is 34.9 Å². The van der Waals surface area contributed by atoms with Crippen LogP contribution in [0.5, 0.6) is 0 Å². The molecule has 9 heteroatoms. The zero-order valence-electron chi connectivity index (χ0n) is 15.3. The lowest BCUT2D eigenvalue weighted by Crippen LogP contribution is -2.54. The lowest BCUT2D eigenvalue weighted by atomic mass is 10.0. The Morgan fingerprint density at radius 1 is 1.11 bits per heavy atom. The van der Waals surface area contributed by atoms with Gasteiger partial charge in [0.1, 0.15) is 6.04 Å². The number of rotatable bonds is 3. The van der Waals surface area contributed by atoms with Crippen molar-refractivity contribution in [3.8, 4) is 0 Å². The van der Waals surface area contributed by atoms with Gasteiger partial charge in [-0.1, -0.05) is 6.07 Å². The molecule has 28 heavy (non-hydrogen) atoms. The maximum Gasteiger partial charge on any atom is 0.262 e. The van der Waals surface area contributed by atoms with E-state index in [-0.39, 0.29) is 30.0 Å². The van der Waals surface area contributed by atoms with Crippen molar-refractivity contribution in [1.82, 2.24) is 15.1 Å². The summed E-state index contributed by atoms with van der Waals surface area (Å²) in [5.74, 6) is -2.06. The number of fused-ring (bicyclic) bond motifs is 1. The summed E-state index contributed by atoms with van der Waals surface area (Å²) in [6.07, 6.45) is 0.303. The summed E-state index contributed by atoms with van der Waals surface area (Å²) < 4.78 is 0. The number of amides is 4. The van der Waals surface area contributed by atoms with Crippen LogP contribution < -0.4 is 11.1 Å². The molecule has 3 aliphatic rings. The summed E-state index contributed by atoms with van der Waals surface area (Å²) >= 11 is 0. The molecular weight excluding hydrogens is 364 g/mol. The number of nitrogens with two attached hydrogens (primary N) is 1. The number of carbonyl (C=O) groups excluding carboxylic acids is 4. The maximum absolute atomic E-state index is 12.8. The Morgan fingerprint density at radius 2 is 1.86 bits per heavy atom. The molecule has 3 aliphatic heterocycles. The minimum absolute atomic E-state index is 0.0899. The Labute approximate surface area is 161 Å². The van der Waals surface area contributed by atoms with Crippen LogP contribution in [0.15, 0.2) is 18.2 Å². The van der Waals surface area contributed by atoms with E-state index in [0.29, 0.717) is 26.1 Å². The third kappa shape index (κ3) is 3.32. The van der Waals surface area contributed by atoms with E-state index in [1.807, 2.05) is 4.90 Å². The Kier molecular flexibility index (Phi) is 4.74. The van der Waals surface area contributed by atoms with Gasteiger partial charge in [-0.3, -0.25) is 34.3 Å². The van der Waals surface area contributed by atoms with Gasteiger partial charge in [0, 0.05) is 32.1 Å². The van der Waals surface area contributed by atoms with Crippen molar-refractivity contribution in [2.75, 3.05) is 13.1 Å². The number of aliphatic hydroxyl groups excluding tert-OH is 1.